The molecular weight excluding hydrogens is 264 g/mol. The van der Waals surface area contributed by atoms with Gasteiger partial charge in [-0.1, -0.05) is 0 Å². The van der Waals surface area contributed by atoms with Crippen molar-refractivity contribution >= 4 is 23.3 Å². The monoisotopic (exact) mass is 276 g/mol. The largest absolute Gasteiger partial charge is 0.465 e. The van der Waals surface area contributed by atoms with E-state index in [1.54, 1.807) is 30.3 Å². The van der Waals surface area contributed by atoms with Crippen molar-refractivity contribution in [2.45, 2.75) is 6.92 Å². The lowest BCUT2D eigenvalue weighted by Crippen LogP contribution is -2.07. The van der Waals surface area contributed by atoms with Crippen LogP contribution >= 0.6 is 11.3 Å². The minimum atomic E-state index is -0.424. The highest BCUT2D eigenvalue weighted by Crippen LogP contribution is 2.19. The van der Waals surface area contributed by atoms with Crippen LogP contribution < -0.4 is 4.74 Å². The second kappa shape index (κ2) is 5.67. The van der Waals surface area contributed by atoms with E-state index < -0.39 is 11.9 Å². The van der Waals surface area contributed by atoms with Crippen LogP contribution in [0.5, 0.6) is 5.75 Å². The molecule has 98 valence electrons. The van der Waals surface area contributed by atoms with Crippen molar-refractivity contribution in [1.82, 2.24) is 0 Å². The summed E-state index contributed by atoms with van der Waals surface area (Å²) >= 11 is 1.38. The Hall–Kier alpha value is -2.14. The van der Waals surface area contributed by atoms with Gasteiger partial charge in [0, 0.05) is 4.88 Å². The van der Waals surface area contributed by atoms with Crippen molar-refractivity contribution in [2.24, 2.45) is 0 Å². The number of rotatable bonds is 3. The first-order valence-corrected chi connectivity index (χ1v) is 6.39. The van der Waals surface area contributed by atoms with Crippen LogP contribution in [0, 0.1) is 6.92 Å². The second-order valence-corrected chi connectivity index (χ2v) is 5.10. The Labute approximate surface area is 114 Å². The van der Waals surface area contributed by atoms with E-state index in [0.29, 0.717) is 16.2 Å². The predicted octanol–water partition coefficient (Wildman–Crippen LogP) is 3.06. The van der Waals surface area contributed by atoms with E-state index >= 15 is 0 Å². The normalized spacial score (nSPS) is 10.0. The molecule has 0 saturated carbocycles. The van der Waals surface area contributed by atoms with Gasteiger partial charge < -0.3 is 9.47 Å². The third-order valence-corrected chi connectivity index (χ3v) is 3.41. The number of methoxy groups -OCH3 is 1. The lowest BCUT2D eigenvalue weighted by molar-refractivity contribution is 0.0600. The van der Waals surface area contributed by atoms with Crippen LogP contribution in [0.1, 0.15) is 24.9 Å². The Bertz CT molecular complexity index is 598. The van der Waals surface area contributed by atoms with E-state index in [4.69, 9.17) is 4.74 Å². The molecule has 0 aliphatic heterocycles. The molecule has 0 radical (unpaired) electrons. The number of benzene rings is 1. The molecule has 0 aliphatic carbocycles. The van der Waals surface area contributed by atoms with Crippen molar-refractivity contribution in [3.63, 3.8) is 0 Å². The topological polar surface area (TPSA) is 52.6 Å². The summed E-state index contributed by atoms with van der Waals surface area (Å²) in [6, 6.07) is 9.81. The molecule has 5 heteroatoms. The van der Waals surface area contributed by atoms with Gasteiger partial charge in [0.1, 0.15) is 10.6 Å². The molecule has 1 aromatic heterocycles. The standard InChI is InChI=1S/C14H12O4S/c1-9-3-8-12(19-9)14(16)18-11-6-4-10(5-7-11)13(15)17-2/h3-8H,1-2H3. The van der Waals surface area contributed by atoms with Crippen LogP contribution in [0.25, 0.3) is 0 Å². The molecule has 1 heterocycles. The van der Waals surface area contributed by atoms with Gasteiger partial charge >= 0.3 is 11.9 Å². The van der Waals surface area contributed by atoms with Crippen LogP contribution in [0.2, 0.25) is 0 Å². The molecule has 0 bridgehead atoms. The highest BCUT2D eigenvalue weighted by Gasteiger charge is 2.11. The lowest BCUT2D eigenvalue weighted by atomic mass is 10.2. The highest BCUT2D eigenvalue weighted by molar-refractivity contribution is 7.13. The molecule has 1 aromatic carbocycles. The molecule has 0 fully saturated rings. The van der Waals surface area contributed by atoms with E-state index in [1.165, 1.54) is 18.4 Å². The third kappa shape index (κ3) is 3.20. The van der Waals surface area contributed by atoms with E-state index in [9.17, 15) is 9.59 Å². The number of aryl methyl sites for hydroxylation is 1. The van der Waals surface area contributed by atoms with Crippen LogP contribution in [0.4, 0.5) is 0 Å². The fraction of sp³-hybridized carbons (Fsp3) is 0.143. The van der Waals surface area contributed by atoms with E-state index in [0.717, 1.165) is 4.88 Å². The number of ether oxygens (including phenoxy) is 2. The van der Waals surface area contributed by atoms with Crippen LogP contribution in [-0.2, 0) is 4.74 Å². The summed E-state index contributed by atoms with van der Waals surface area (Å²) in [5.74, 6) is -0.431. The maximum Gasteiger partial charge on any atom is 0.353 e. The van der Waals surface area contributed by atoms with E-state index in [2.05, 4.69) is 4.74 Å². The number of hydrogen-bond acceptors (Lipinski definition) is 5. The SMILES string of the molecule is COC(=O)c1ccc(OC(=O)c2ccc(C)s2)cc1. The average Bonchev–Trinajstić information content (AvgIpc) is 2.85. The van der Waals surface area contributed by atoms with Crippen molar-refractivity contribution in [2.75, 3.05) is 7.11 Å². The predicted molar refractivity (Wildman–Crippen MR) is 71.8 cm³/mol. The quantitative estimate of drug-likeness (QED) is 0.638. The average molecular weight is 276 g/mol. The van der Waals surface area contributed by atoms with Gasteiger partial charge in [0.15, 0.2) is 0 Å². The summed E-state index contributed by atoms with van der Waals surface area (Å²) in [6.45, 7) is 1.92. The fourth-order valence-corrected chi connectivity index (χ4v) is 2.22. The Morgan fingerprint density at radius 3 is 2.21 bits per heavy atom. The summed E-state index contributed by atoms with van der Waals surface area (Å²) in [6.07, 6.45) is 0. The van der Waals surface area contributed by atoms with E-state index in [-0.39, 0.29) is 0 Å². The van der Waals surface area contributed by atoms with Crippen LogP contribution in [0.3, 0.4) is 0 Å². The van der Waals surface area contributed by atoms with Gasteiger partial charge in [0.25, 0.3) is 0 Å². The molecule has 19 heavy (non-hydrogen) atoms. The molecule has 0 spiro atoms. The van der Waals surface area contributed by atoms with E-state index in [1.807, 2.05) is 13.0 Å². The molecular formula is C14H12O4S. The summed E-state index contributed by atoms with van der Waals surface area (Å²) < 4.78 is 9.79. The van der Waals surface area contributed by atoms with Gasteiger partial charge in [-0.15, -0.1) is 11.3 Å². The van der Waals surface area contributed by atoms with Crippen molar-refractivity contribution < 1.29 is 19.1 Å². The molecule has 2 aromatic rings. The zero-order valence-electron chi connectivity index (χ0n) is 10.5. The minimum Gasteiger partial charge on any atom is -0.465 e. The zero-order valence-corrected chi connectivity index (χ0v) is 11.3. The molecule has 0 unspecified atom stereocenters. The van der Waals surface area contributed by atoms with Crippen molar-refractivity contribution in [1.29, 1.82) is 0 Å². The highest BCUT2D eigenvalue weighted by atomic mass is 32.1. The number of carbonyl (C=O) groups is 2. The number of carbonyl (C=O) groups excluding carboxylic acids is 2. The summed E-state index contributed by atoms with van der Waals surface area (Å²) in [4.78, 5) is 24.6. The molecule has 0 saturated heterocycles. The van der Waals surface area contributed by atoms with Gasteiger partial charge in [0.2, 0.25) is 0 Å². The van der Waals surface area contributed by atoms with Gasteiger partial charge in [-0.05, 0) is 43.3 Å². The van der Waals surface area contributed by atoms with Gasteiger partial charge in [0.05, 0.1) is 12.7 Å². The first kappa shape index (κ1) is 13.3. The van der Waals surface area contributed by atoms with Gasteiger partial charge in [-0.2, -0.15) is 0 Å². The Balaban J connectivity index is 2.07. The molecule has 0 atom stereocenters. The molecule has 4 nitrogen and oxygen atoms in total. The molecule has 0 N–H and O–H groups in total. The van der Waals surface area contributed by atoms with Crippen LogP contribution in [-0.4, -0.2) is 19.0 Å². The minimum absolute atomic E-state index is 0.392. The Morgan fingerprint density at radius 1 is 1.00 bits per heavy atom. The molecule has 2 rings (SSSR count). The maximum absolute atomic E-state index is 11.8. The van der Waals surface area contributed by atoms with Crippen molar-refractivity contribution in [3.05, 3.63) is 51.7 Å². The third-order valence-electron chi connectivity index (χ3n) is 2.43. The molecule has 0 aliphatic rings. The maximum atomic E-state index is 11.8. The fourth-order valence-electron chi connectivity index (χ4n) is 1.48. The number of esters is 2. The summed E-state index contributed by atoms with van der Waals surface area (Å²) in [5, 5.41) is 0. The van der Waals surface area contributed by atoms with Gasteiger partial charge in [-0.3, -0.25) is 0 Å². The molecule has 0 amide bonds. The number of hydrogen-bond donors (Lipinski definition) is 0. The Morgan fingerprint density at radius 2 is 1.68 bits per heavy atom. The zero-order chi connectivity index (χ0) is 13.8. The van der Waals surface area contributed by atoms with Crippen molar-refractivity contribution in [3.8, 4) is 5.75 Å². The first-order valence-electron chi connectivity index (χ1n) is 5.57. The summed E-state index contributed by atoms with van der Waals surface area (Å²) in [7, 11) is 1.31. The first-order chi connectivity index (χ1) is 9.10. The smallest absolute Gasteiger partial charge is 0.353 e. The summed E-state index contributed by atoms with van der Waals surface area (Å²) in [5.41, 5.74) is 0.411. The Kier molecular flexibility index (Phi) is 3.97. The van der Waals surface area contributed by atoms with Crippen LogP contribution in [0.15, 0.2) is 36.4 Å². The lowest BCUT2D eigenvalue weighted by Gasteiger charge is -2.03. The number of thiophene rings is 1. The van der Waals surface area contributed by atoms with Gasteiger partial charge in [-0.25, -0.2) is 9.59 Å². The second-order valence-electron chi connectivity index (χ2n) is 3.82.